The molecule has 2 N–H and O–H groups in total. The Kier molecular flexibility index (Phi) is 13.8. The molecule has 0 fully saturated rings. The van der Waals surface area contributed by atoms with Crippen molar-refractivity contribution >= 4 is 5.78 Å². The van der Waals surface area contributed by atoms with Crippen molar-refractivity contribution in [1.29, 1.82) is 0 Å². The zero-order chi connectivity index (χ0) is 13.7. The molecular formula is C15H27NO. The van der Waals surface area contributed by atoms with Crippen molar-refractivity contribution in [3.05, 3.63) is 35.9 Å². The lowest BCUT2D eigenvalue weighted by Gasteiger charge is -2.06. The molecule has 1 aromatic carbocycles. The van der Waals surface area contributed by atoms with Crippen LogP contribution in [0.4, 0.5) is 0 Å². The standard InChI is InChI=1S/C11H15NO.2C2H6/c1-9(13)11(12)8-7-10-5-3-2-4-6-10;2*1-2/h2-6,11H,7-8,12H2,1H3;2*1-2H3. The van der Waals surface area contributed by atoms with Crippen LogP contribution in [0.2, 0.25) is 0 Å². The molecular weight excluding hydrogens is 210 g/mol. The van der Waals surface area contributed by atoms with E-state index in [0.717, 1.165) is 12.8 Å². The maximum absolute atomic E-state index is 10.8. The number of rotatable bonds is 4. The third-order valence-electron chi connectivity index (χ3n) is 2.11. The average molecular weight is 237 g/mol. The topological polar surface area (TPSA) is 43.1 Å². The fourth-order valence-corrected chi connectivity index (χ4v) is 1.17. The molecule has 0 saturated carbocycles. The van der Waals surface area contributed by atoms with Crippen LogP contribution >= 0.6 is 0 Å². The van der Waals surface area contributed by atoms with Gasteiger partial charge >= 0.3 is 0 Å². The Balaban J connectivity index is 0. The number of ketones is 1. The van der Waals surface area contributed by atoms with Crippen molar-refractivity contribution in [2.24, 2.45) is 5.73 Å². The number of hydrogen-bond acceptors (Lipinski definition) is 2. The number of nitrogens with two attached hydrogens (primary N) is 1. The Hall–Kier alpha value is -1.15. The predicted molar refractivity (Wildman–Crippen MR) is 76.1 cm³/mol. The summed E-state index contributed by atoms with van der Waals surface area (Å²) in [6, 6.07) is 9.76. The number of benzene rings is 1. The predicted octanol–water partition coefficient (Wildman–Crippen LogP) is 3.59. The highest BCUT2D eigenvalue weighted by Gasteiger charge is 2.06. The van der Waals surface area contributed by atoms with E-state index in [1.165, 1.54) is 12.5 Å². The zero-order valence-corrected chi connectivity index (χ0v) is 11.9. The van der Waals surface area contributed by atoms with E-state index in [4.69, 9.17) is 5.73 Å². The summed E-state index contributed by atoms with van der Waals surface area (Å²) in [4.78, 5) is 10.8. The molecule has 1 rings (SSSR count). The van der Waals surface area contributed by atoms with Crippen LogP contribution in [-0.2, 0) is 11.2 Å². The van der Waals surface area contributed by atoms with Crippen LogP contribution in [0.15, 0.2) is 30.3 Å². The van der Waals surface area contributed by atoms with Gasteiger partial charge in [-0.2, -0.15) is 0 Å². The quantitative estimate of drug-likeness (QED) is 0.869. The molecule has 0 heterocycles. The lowest BCUT2D eigenvalue weighted by molar-refractivity contribution is -0.118. The van der Waals surface area contributed by atoms with Gasteiger partial charge in [0.25, 0.3) is 0 Å². The fourth-order valence-electron chi connectivity index (χ4n) is 1.17. The summed E-state index contributed by atoms with van der Waals surface area (Å²) in [5.74, 6) is 0.0657. The molecule has 1 aromatic rings. The molecule has 0 aliphatic heterocycles. The van der Waals surface area contributed by atoms with Gasteiger partial charge in [0.1, 0.15) is 5.78 Å². The van der Waals surface area contributed by atoms with Gasteiger partial charge in [-0.3, -0.25) is 4.79 Å². The summed E-state index contributed by atoms with van der Waals surface area (Å²) in [6.07, 6.45) is 1.61. The maximum atomic E-state index is 10.8. The van der Waals surface area contributed by atoms with Crippen molar-refractivity contribution in [3.63, 3.8) is 0 Å². The summed E-state index contributed by atoms with van der Waals surface area (Å²) in [6.45, 7) is 9.54. The van der Waals surface area contributed by atoms with Gasteiger partial charge in [-0.25, -0.2) is 0 Å². The number of carbonyl (C=O) groups excluding carboxylic acids is 1. The first-order chi connectivity index (χ1) is 8.20. The smallest absolute Gasteiger partial charge is 0.146 e. The SMILES string of the molecule is CC.CC.CC(=O)C(N)CCc1ccccc1. The highest BCUT2D eigenvalue weighted by atomic mass is 16.1. The second-order valence-corrected chi connectivity index (χ2v) is 3.24. The minimum absolute atomic E-state index is 0.0657. The molecule has 0 aromatic heterocycles. The van der Waals surface area contributed by atoms with Gasteiger partial charge in [-0.1, -0.05) is 58.0 Å². The minimum atomic E-state index is -0.305. The van der Waals surface area contributed by atoms with Crippen molar-refractivity contribution in [2.45, 2.75) is 53.5 Å². The molecule has 0 saturated heterocycles. The highest BCUT2D eigenvalue weighted by Crippen LogP contribution is 2.04. The average Bonchev–Trinajstić information content (AvgIpc) is 2.41. The van der Waals surface area contributed by atoms with Crippen LogP contribution in [0, 0.1) is 0 Å². The Morgan fingerprint density at radius 2 is 1.59 bits per heavy atom. The fraction of sp³-hybridized carbons (Fsp3) is 0.533. The summed E-state index contributed by atoms with van der Waals surface area (Å²) < 4.78 is 0. The highest BCUT2D eigenvalue weighted by molar-refractivity contribution is 5.81. The molecule has 17 heavy (non-hydrogen) atoms. The van der Waals surface area contributed by atoms with Crippen LogP contribution in [0.1, 0.15) is 46.6 Å². The molecule has 0 radical (unpaired) electrons. The van der Waals surface area contributed by atoms with E-state index in [9.17, 15) is 4.79 Å². The van der Waals surface area contributed by atoms with Crippen molar-refractivity contribution < 1.29 is 4.79 Å². The summed E-state index contributed by atoms with van der Waals surface area (Å²) >= 11 is 0. The number of carbonyl (C=O) groups is 1. The molecule has 2 heteroatoms. The van der Waals surface area contributed by atoms with Crippen LogP contribution in [-0.4, -0.2) is 11.8 Å². The first kappa shape index (κ1) is 18.2. The van der Waals surface area contributed by atoms with Crippen LogP contribution in [0.25, 0.3) is 0 Å². The Morgan fingerprint density at radius 3 is 2.00 bits per heavy atom. The summed E-state index contributed by atoms with van der Waals surface area (Å²) in [5, 5.41) is 0. The molecule has 1 atom stereocenters. The molecule has 0 aliphatic rings. The third kappa shape index (κ3) is 9.76. The zero-order valence-electron chi connectivity index (χ0n) is 11.9. The molecule has 98 valence electrons. The van der Waals surface area contributed by atoms with E-state index < -0.39 is 0 Å². The lowest BCUT2D eigenvalue weighted by atomic mass is 10.0. The molecule has 0 amide bonds. The number of Topliss-reactive ketones (excluding diaryl/α,β-unsaturated/α-hetero) is 1. The monoisotopic (exact) mass is 237 g/mol. The Bertz CT molecular complexity index is 270. The van der Waals surface area contributed by atoms with E-state index in [1.807, 2.05) is 58.0 Å². The summed E-state index contributed by atoms with van der Waals surface area (Å²) in [7, 11) is 0. The third-order valence-corrected chi connectivity index (χ3v) is 2.11. The molecule has 0 spiro atoms. The largest absolute Gasteiger partial charge is 0.322 e. The van der Waals surface area contributed by atoms with Crippen LogP contribution in [0.3, 0.4) is 0 Å². The van der Waals surface area contributed by atoms with Crippen molar-refractivity contribution in [2.75, 3.05) is 0 Å². The van der Waals surface area contributed by atoms with Gasteiger partial charge < -0.3 is 5.73 Å². The maximum Gasteiger partial charge on any atom is 0.146 e. The van der Waals surface area contributed by atoms with E-state index >= 15 is 0 Å². The normalized spacial score (nSPS) is 10.2. The van der Waals surface area contributed by atoms with E-state index in [2.05, 4.69) is 0 Å². The lowest BCUT2D eigenvalue weighted by Crippen LogP contribution is -2.28. The Morgan fingerprint density at radius 1 is 1.12 bits per heavy atom. The van der Waals surface area contributed by atoms with Gasteiger partial charge in [-0.15, -0.1) is 0 Å². The van der Waals surface area contributed by atoms with Crippen molar-refractivity contribution in [1.82, 2.24) is 0 Å². The molecule has 0 bridgehead atoms. The van der Waals surface area contributed by atoms with Gasteiger partial charge in [0.15, 0.2) is 0 Å². The molecule has 2 nitrogen and oxygen atoms in total. The van der Waals surface area contributed by atoms with Crippen LogP contribution in [0.5, 0.6) is 0 Å². The van der Waals surface area contributed by atoms with Gasteiger partial charge in [0.05, 0.1) is 6.04 Å². The van der Waals surface area contributed by atoms with E-state index in [0.29, 0.717) is 0 Å². The minimum Gasteiger partial charge on any atom is -0.322 e. The first-order valence-electron chi connectivity index (χ1n) is 6.50. The second-order valence-electron chi connectivity index (χ2n) is 3.24. The number of hydrogen-bond donors (Lipinski definition) is 1. The van der Waals surface area contributed by atoms with Gasteiger partial charge in [0.2, 0.25) is 0 Å². The molecule has 0 aliphatic carbocycles. The number of aryl methyl sites for hydroxylation is 1. The van der Waals surface area contributed by atoms with E-state index in [-0.39, 0.29) is 11.8 Å². The van der Waals surface area contributed by atoms with Gasteiger partial charge in [0, 0.05) is 0 Å². The van der Waals surface area contributed by atoms with E-state index in [1.54, 1.807) is 0 Å². The van der Waals surface area contributed by atoms with Gasteiger partial charge in [-0.05, 0) is 25.3 Å². The Labute approximate surface area is 106 Å². The van der Waals surface area contributed by atoms with Crippen LogP contribution < -0.4 is 5.73 Å². The summed E-state index contributed by atoms with van der Waals surface area (Å²) in [5.41, 5.74) is 6.85. The second kappa shape index (κ2) is 12.9. The first-order valence-corrected chi connectivity index (χ1v) is 6.50. The molecule has 1 unspecified atom stereocenters. The van der Waals surface area contributed by atoms with Crippen molar-refractivity contribution in [3.8, 4) is 0 Å².